The van der Waals surface area contributed by atoms with E-state index in [2.05, 4.69) is 17.4 Å². The molecule has 1 N–H and O–H groups in total. The summed E-state index contributed by atoms with van der Waals surface area (Å²) in [4.78, 5) is 14.9. The highest BCUT2D eigenvalue weighted by Gasteiger charge is 2.57. The fourth-order valence-electron chi connectivity index (χ4n) is 5.18. The number of aryl methyl sites for hydroxylation is 1. The van der Waals surface area contributed by atoms with Crippen molar-refractivity contribution < 1.29 is 14.1 Å². The van der Waals surface area contributed by atoms with Crippen LogP contribution in [-0.2, 0) is 4.74 Å². The van der Waals surface area contributed by atoms with Crippen LogP contribution in [0.5, 0.6) is 0 Å². The average molecular weight is 347 g/mol. The summed E-state index contributed by atoms with van der Waals surface area (Å²) in [5.74, 6) is 0.797. The zero-order valence-corrected chi connectivity index (χ0v) is 15.3. The molecule has 1 aliphatic heterocycles. The van der Waals surface area contributed by atoms with Gasteiger partial charge in [0.25, 0.3) is 0 Å². The van der Waals surface area contributed by atoms with Crippen molar-refractivity contribution in [2.75, 3.05) is 13.2 Å². The molecule has 3 fully saturated rings. The molecule has 3 aliphatic rings. The third-order valence-corrected chi connectivity index (χ3v) is 6.49. The van der Waals surface area contributed by atoms with Gasteiger partial charge in [-0.3, -0.25) is 0 Å². The Hall–Kier alpha value is -1.56. The van der Waals surface area contributed by atoms with Gasteiger partial charge in [-0.15, -0.1) is 0 Å². The maximum absolute atomic E-state index is 13.0. The minimum absolute atomic E-state index is 0.0414. The molecule has 3 atom stereocenters. The van der Waals surface area contributed by atoms with E-state index in [0.717, 1.165) is 43.9 Å². The highest BCUT2D eigenvalue weighted by Crippen LogP contribution is 2.54. The summed E-state index contributed by atoms with van der Waals surface area (Å²) >= 11 is 0. The Bertz CT molecular complexity index is 623. The quantitative estimate of drug-likeness (QED) is 0.904. The first-order valence-corrected chi connectivity index (χ1v) is 9.76. The second-order valence-corrected chi connectivity index (χ2v) is 7.84. The molecular weight excluding hydrogens is 318 g/mol. The van der Waals surface area contributed by atoms with Crippen molar-refractivity contribution in [2.24, 2.45) is 5.41 Å². The van der Waals surface area contributed by atoms with E-state index in [4.69, 9.17) is 9.26 Å². The normalized spacial score (nSPS) is 30.6. The molecule has 6 heteroatoms. The van der Waals surface area contributed by atoms with Gasteiger partial charge < -0.3 is 19.5 Å². The summed E-state index contributed by atoms with van der Waals surface area (Å²) in [5, 5.41) is 7.47. The first kappa shape index (κ1) is 16.9. The Kier molecular flexibility index (Phi) is 4.48. The molecule has 2 aliphatic carbocycles. The van der Waals surface area contributed by atoms with Crippen LogP contribution in [0.2, 0.25) is 0 Å². The molecule has 138 valence electrons. The minimum atomic E-state index is 0.0414. The third kappa shape index (κ3) is 2.84. The highest BCUT2D eigenvalue weighted by atomic mass is 16.5. The number of amides is 2. The maximum Gasteiger partial charge on any atom is 0.318 e. The number of hydrogen-bond donors (Lipinski definition) is 1. The lowest BCUT2D eigenvalue weighted by molar-refractivity contribution is -0.127. The van der Waals surface area contributed by atoms with Gasteiger partial charge in [0.05, 0.1) is 12.1 Å². The van der Waals surface area contributed by atoms with Crippen molar-refractivity contribution in [3.05, 3.63) is 17.5 Å². The molecule has 2 amide bonds. The summed E-state index contributed by atoms with van der Waals surface area (Å²) in [7, 11) is 0. The third-order valence-electron chi connectivity index (χ3n) is 6.49. The van der Waals surface area contributed by atoms with E-state index in [9.17, 15) is 4.79 Å². The fourth-order valence-corrected chi connectivity index (χ4v) is 5.18. The largest absolute Gasteiger partial charge is 0.378 e. The van der Waals surface area contributed by atoms with Crippen LogP contribution in [0.15, 0.2) is 10.6 Å². The smallest absolute Gasteiger partial charge is 0.318 e. The number of nitrogens with one attached hydrogen (secondary N) is 1. The summed E-state index contributed by atoms with van der Waals surface area (Å²) in [6, 6.07) is 2.29. The van der Waals surface area contributed by atoms with Gasteiger partial charge in [-0.1, -0.05) is 18.0 Å². The Morgan fingerprint density at radius 2 is 2.24 bits per heavy atom. The summed E-state index contributed by atoms with van der Waals surface area (Å²) in [6.45, 7) is 5.50. The fraction of sp³-hybridized carbons (Fsp3) is 0.789. The van der Waals surface area contributed by atoms with E-state index in [0.29, 0.717) is 6.10 Å². The van der Waals surface area contributed by atoms with Crippen molar-refractivity contribution in [1.29, 1.82) is 0 Å². The molecule has 2 heterocycles. The van der Waals surface area contributed by atoms with Crippen LogP contribution in [0.4, 0.5) is 4.79 Å². The number of carbonyl (C=O) groups is 1. The zero-order valence-electron chi connectivity index (χ0n) is 15.3. The van der Waals surface area contributed by atoms with Gasteiger partial charge in [0.2, 0.25) is 0 Å². The van der Waals surface area contributed by atoms with E-state index in [1.54, 1.807) is 0 Å². The van der Waals surface area contributed by atoms with Crippen molar-refractivity contribution in [1.82, 2.24) is 15.4 Å². The predicted molar refractivity (Wildman–Crippen MR) is 93.2 cm³/mol. The number of rotatable bonds is 4. The van der Waals surface area contributed by atoms with Gasteiger partial charge in [0, 0.05) is 30.7 Å². The standard InChI is InChI=1S/C19H29N3O3/c1-3-24-17-12-16(19(17)8-4-5-9-19)20-18(23)22-10-6-7-15(22)14-11-13(2)25-21-14/h11,15-17H,3-10,12H2,1-2H3,(H,20,23)/t15-,16-,17+/m0/s1. The number of ether oxygens (including phenoxy) is 1. The molecule has 0 radical (unpaired) electrons. The van der Waals surface area contributed by atoms with Crippen LogP contribution in [0.3, 0.4) is 0 Å². The Labute approximate surface area is 149 Å². The van der Waals surface area contributed by atoms with Gasteiger partial charge in [-0.05, 0) is 46.0 Å². The van der Waals surface area contributed by atoms with Crippen molar-refractivity contribution in [3.63, 3.8) is 0 Å². The molecule has 4 rings (SSSR count). The van der Waals surface area contributed by atoms with Gasteiger partial charge >= 0.3 is 6.03 Å². The molecule has 0 aromatic carbocycles. The van der Waals surface area contributed by atoms with Crippen LogP contribution in [-0.4, -0.2) is 41.4 Å². The molecular formula is C19H29N3O3. The van der Waals surface area contributed by atoms with Crippen molar-refractivity contribution in [3.8, 4) is 0 Å². The SMILES string of the molecule is CCO[C@@H]1C[C@H](NC(=O)N2CCC[C@H]2c2cc(C)on2)C12CCCC2. The van der Waals surface area contributed by atoms with E-state index < -0.39 is 0 Å². The number of hydrogen-bond acceptors (Lipinski definition) is 4. The molecule has 1 aromatic rings. The Morgan fingerprint density at radius 3 is 2.92 bits per heavy atom. The Balaban J connectivity index is 1.43. The van der Waals surface area contributed by atoms with E-state index in [-0.39, 0.29) is 23.5 Å². The molecule has 1 spiro atoms. The molecule has 0 bridgehead atoms. The molecule has 25 heavy (non-hydrogen) atoms. The second kappa shape index (κ2) is 6.63. The molecule has 6 nitrogen and oxygen atoms in total. The Morgan fingerprint density at radius 1 is 1.44 bits per heavy atom. The summed E-state index contributed by atoms with van der Waals surface area (Å²) < 4.78 is 11.2. The van der Waals surface area contributed by atoms with Gasteiger partial charge in [-0.25, -0.2) is 4.79 Å². The van der Waals surface area contributed by atoms with Crippen LogP contribution < -0.4 is 5.32 Å². The van der Waals surface area contributed by atoms with Crippen molar-refractivity contribution in [2.45, 2.75) is 77.0 Å². The zero-order chi connectivity index (χ0) is 17.4. The van der Waals surface area contributed by atoms with E-state index in [1.165, 1.54) is 25.7 Å². The lowest BCUT2D eigenvalue weighted by atomic mass is 9.60. The second-order valence-electron chi connectivity index (χ2n) is 7.84. The first-order valence-electron chi connectivity index (χ1n) is 9.76. The van der Waals surface area contributed by atoms with E-state index in [1.807, 2.05) is 17.9 Å². The van der Waals surface area contributed by atoms with Crippen LogP contribution in [0.1, 0.15) is 69.4 Å². The van der Waals surface area contributed by atoms with Crippen molar-refractivity contribution >= 4 is 6.03 Å². The lowest BCUT2D eigenvalue weighted by Crippen LogP contribution is -2.65. The average Bonchev–Trinajstić information content (AvgIpc) is 3.33. The first-order chi connectivity index (χ1) is 12.1. The van der Waals surface area contributed by atoms with Crippen LogP contribution in [0, 0.1) is 12.3 Å². The topological polar surface area (TPSA) is 67.6 Å². The van der Waals surface area contributed by atoms with Crippen LogP contribution in [0.25, 0.3) is 0 Å². The molecule has 2 saturated carbocycles. The number of urea groups is 1. The number of carbonyl (C=O) groups excluding carboxylic acids is 1. The lowest BCUT2D eigenvalue weighted by Gasteiger charge is -2.54. The van der Waals surface area contributed by atoms with Gasteiger partial charge in [0.15, 0.2) is 0 Å². The highest BCUT2D eigenvalue weighted by molar-refractivity contribution is 5.75. The summed E-state index contributed by atoms with van der Waals surface area (Å²) in [6.07, 6.45) is 8.08. The minimum Gasteiger partial charge on any atom is -0.378 e. The molecule has 1 aromatic heterocycles. The van der Waals surface area contributed by atoms with Gasteiger partial charge in [0.1, 0.15) is 11.5 Å². The summed E-state index contributed by atoms with van der Waals surface area (Å²) in [5.41, 5.74) is 1.05. The molecule has 1 saturated heterocycles. The maximum atomic E-state index is 13.0. The van der Waals surface area contributed by atoms with E-state index >= 15 is 0 Å². The number of aromatic nitrogens is 1. The number of likely N-dealkylation sites (tertiary alicyclic amines) is 1. The van der Waals surface area contributed by atoms with Crippen LogP contribution >= 0.6 is 0 Å². The molecule has 0 unspecified atom stereocenters. The number of nitrogens with zero attached hydrogens (tertiary/aromatic N) is 2. The van der Waals surface area contributed by atoms with Gasteiger partial charge in [-0.2, -0.15) is 0 Å². The predicted octanol–water partition coefficient (Wildman–Crippen LogP) is 3.57. The monoisotopic (exact) mass is 347 g/mol.